The zero-order chi connectivity index (χ0) is 17.5. The van der Waals surface area contributed by atoms with Crippen molar-refractivity contribution < 1.29 is 23.0 Å². The van der Waals surface area contributed by atoms with Gasteiger partial charge in [-0.05, 0) is 24.7 Å². The van der Waals surface area contributed by atoms with Crippen molar-refractivity contribution in [2.45, 2.75) is 13.2 Å². The molecule has 0 bridgehead atoms. The SMILES string of the molecule is COc1ccc(CN(C)CC(=O)N2CCNCC2)cc1OC(F)F.Cl. The summed E-state index contributed by atoms with van der Waals surface area (Å²) < 4.78 is 34.4. The highest BCUT2D eigenvalue weighted by molar-refractivity contribution is 5.85. The average molecular weight is 380 g/mol. The number of carbonyl (C=O) groups is 1. The molecule has 1 N–H and O–H groups in total. The monoisotopic (exact) mass is 379 g/mol. The summed E-state index contributed by atoms with van der Waals surface area (Å²) in [5.74, 6) is 0.307. The fourth-order valence-corrected chi connectivity index (χ4v) is 2.62. The second-order valence-electron chi connectivity index (χ2n) is 5.67. The van der Waals surface area contributed by atoms with Crippen LogP contribution in [0.15, 0.2) is 18.2 Å². The van der Waals surface area contributed by atoms with E-state index in [1.165, 1.54) is 13.2 Å². The fraction of sp³-hybridized carbons (Fsp3) is 0.562. The van der Waals surface area contributed by atoms with Gasteiger partial charge < -0.3 is 19.7 Å². The molecule has 1 aliphatic rings. The molecule has 25 heavy (non-hydrogen) atoms. The van der Waals surface area contributed by atoms with Crippen molar-refractivity contribution in [1.29, 1.82) is 0 Å². The number of likely N-dealkylation sites (N-methyl/N-ethyl adjacent to an activating group) is 1. The quantitative estimate of drug-likeness (QED) is 0.779. The zero-order valence-corrected chi connectivity index (χ0v) is 15.2. The van der Waals surface area contributed by atoms with Crippen LogP contribution in [-0.4, -0.2) is 69.2 Å². The first kappa shape index (κ1) is 21.4. The number of alkyl halides is 2. The summed E-state index contributed by atoms with van der Waals surface area (Å²) in [4.78, 5) is 15.9. The molecular formula is C16H24ClF2N3O3. The van der Waals surface area contributed by atoms with Crippen LogP contribution in [0.4, 0.5) is 8.78 Å². The second kappa shape index (κ2) is 10.4. The lowest BCUT2D eigenvalue weighted by molar-refractivity contribution is -0.132. The highest BCUT2D eigenvalue weighted by Gasteiger charge is 2.18. The Kier molecular flexibility index (Phi) is 8.88. The minimum Gasteiger partial charge on any atom is -0.493 e. The maximum Gasteiger partial charge on any atom is 0.387 e. The molecule has 0 saturated carbocycles. The van der Waals surface area contributed by atoms with Crippen LogP contribution >= 0.6 is 12.4 Å². The van der Waals surface area contributed by atoms with E-state index in [-0.39, 0.29) is 36.4 Å². The molecule has 142 valence electrons. The molecule has 0 radical (unpaired) electrons. The number of nitrogens with zero attached hydrogens (tertiary/aromatic N) is 2. The van der Waals surface area contributed by atoms with E-state index in [9.17, 15) is 13.6 Å². The van der Waals surface area contributed by atoms with Gasteiger partial charge in [0.2, 0.25) is 5.91 Å². The van der Waals surface area contributed by atoms with Crippen LogP contribution < -0.4 is 14.8 Å². The minimum atomic E-state index is -2.92. The van der Waals surface area contributed by atoms with Gasteiger partial charge in [0, 0.05) is 32.7 Å². The third-order valence-corrected chi connectivity index (χ3v) is 3.77. The van der Waals surface area contributed by atoms with Gasteiger partial charge in [0.05, 0.1) is 13.7 Å². The van der Waals surface area contributed by atoms with E-state index in [0.717, 1.165) is 18.7 Å². The molecule has 1 aromatic rings. The van der Waals surface area contributed by atoms with Crippen molar-refractivity contribution in [3.63, 3.8) is 0 Å². The van der Waals surface area contributed by atoms with Gasteiger partial charge in [-0.25, -0.2) is 0 Å². The Morgan fingerprint density at radius 3 is 2.60 bits per heavy atom. The van der Waals surface area contributed by atoms with Crippen LogP contribution in [0.5, 0.6) is 11.5 Å². The van der Waals surface area contributed by atoms with Crippen molar-refractivity contribution in [2.75, 3.05) is 46.9 Å². The number of ether oxygens (including phenoxy) is 2. The number of benzene rings is 1. The zero-order valence-electron chi connectivity index (χ0n) is 14.3. The molecule has 0 spiro atoms. The number of methoxy groups -OCH3 is 1. The van der Waals surface area contributed by atoms with E-state index < -0.39 is 6.61 Å². The highest BCUT2D eigenvalue weighted by atomic mass is 35.5. The van der Waals surface area contributed by atoms with Gasteiger partial charge in [0.1, 0.15) is 0 Å². The summed E-state index contributed by atoms with van der Waals surface area (Å²) in [5, 5.41) is 3.20. The largest absolute Gasteiger partial charge is 0.493 e. The van der Waals surface area contributed by atoms with Gasteiger partial charge >= 0.3 is 6.61 Å². The van der Waals surface area contributed by atoms with E-state index in [2.05, 4.69) is 10.1 Å². The van der Waals surface area contributed by atoms with Gasteiger partial charge in [-0.2, -0.15) is 8.78 Å². The summed E-state index contributed by atoms with van der Waals surface area (Å²) in [6, 6.07) is 4.86. The Bertz CT molecular complexity index is 557. The normalized spacial score (nSPS) is 14.4. The average Bonchev–Trinajstić information content (AvgIpc) is 2.55. The first-order valence-electron chi connectivity index (χ1n) is 7.78. The molecule has 0 aliphatic carbocycles. The summed E-state index contributed by atoms with van der Waals surface area (Å²) >= 11 is 0. The molecule has 1 fully saturated rings. The first-order chi connectivity index (χ1) is 11.5. The van der Waals surface area contributed by atoms with E-state index >= 15 is 0 Å². The fourth-order valence-electron chi connectivity index (χ4n) is 2.62. The third kappa shape index (κ3) is 6.64. The second-order valence-corrected chi connectivity index (χ2v) is 5.67. The van der Waals surface area contributed by atoms with Crippen LogP contribution in [0.1, 0.15) is 5.56 Å². The predicted octanol–water partition coefficient (Wildman–Crippen LogP) is 1.58. The van der Waals surface area contributed by atoms with Gasteiger partial charge in [0.15, 0.2) is 11.5 Å². The van der Waals surface area contributed by atoms with Crippen LogP contribution in [0, 0.1) is 0 Å². The number of amides is 1. The molecule has 2 rings (SSSR count). The third-order valence-electron chi connectivity index (χ3n) is 3.77. The summed E-state index contributed by atoms with van der Waals surface area (Å²) in [6.45, 7) is 0.841. The van der Waals surface area contributed by atoms with Crippen molar-refractivity contribution in [1.82, 2.24) is 15.1 Å². The number of carbonyl (C=O) groups excluding carboxylic acids is 1. The maximum atomic E-state index is 12.5. The maximum absolute atomic E-state index is 12.5. The molecular weight excluding hydrogens is 356 g/mol. The van der Waals surface area contributed by atoms with E-state index in [1.807, 2.05) is 16.8 Å². The Morgan fingerprint density at radius 1 is 1.32 bits per heavy atom. The Hall–Kier alpha value is -1.64. The number of nitrogens with one attached hydrogen (secondary N) is 1. The molecule has 0 aromatic heterocycles. The molecule has 0 unspecified atom stereocenters. The number of rotatable bonds is 7. The first-order valence-corrected chi connectivity index (χ1v) is 7.78. The van der Waals surface area contributed by atoms with Crippen molar-refractivity contribution >= 4 is 18.3 Å². The van der Waals surface area contributed by atoms with Gasteiger partial charge in [0.25, 0.3) is 0 Å². The van der Waals surface area contributed by atoms with Crippen LogP contribution in [0.3, 0.4) is 0 Å². The lowest BCUT2D eigenvalue weighted by Crippen LogP contribution is -2.49. The topological polar surface area (TPSA) is 54.0 Å². The Balaban J connectivity index is 0.00000312. The molecule has 0 atom stereocenters. The predicted molar refractivity (Wildman–Crippen MR) is 92.7 cm³/mol. The Morgan fingerprint density at radius 2 is 2.00 bits per heavy atom. The standard InChI is InChI=1S/C16H23F2N3O3.ClH/c1-20(11-15(22)21-7-5-19-6-8-21)10-12-3-4-13(23-2)14(9-12)24-16(17)18;/h3-4,9,16,19H,5-8,10-11H2,1-2H3;1H. The van der Waals surface area contributed by atoms with Crippen LogP contribution in [-0.2, 0) is 11.3 Å². The molecule has 1 amide bonds. The van der Waals surface area contributed by atoms with E-state index in [4.69, 9.17) is 4.74 Å². The van der Waals surface area contributed by atoms with E-state index in [1.54, 1.807) is 12.1 Å². The lowest BCUT2D eigenvalue weighted by Gasteiger charge is -2.29. The summed E-state index contributed by atoms with van der Waals surface area (Å²) in [7, 11) is 3.21. The molecule has 1 saturated heterocycles. The molecule has 1 aromatic carbocycles. The van der Waals surface area contributed by atoms with E-state index in [0.29, 0.717) is 19.6 Å². The van der Waals surface area contributed by atoms with Gasteiger partial charge in [-0.3, -0.25) is 9.69 Å². The molecule has 1 aliphatic heterocycles. The van der Waals surface area contributed by atoms with Gasteiger partial charge in [-0.15, -0.1) is 12.4 Å². The number of hydrogen-bond donors (Lipinski definition) is 1. The van der Waals surface area contributed by atoms with Gasteiger partial charge in [-0.1, -0.05) is 6.07 Å². The van der Waals surface area contributed by atoms with Crippen LogP contribution in [0.25, 0.3) is 0 Å². The van der Waals surface area contributed by atoms with Crippen molar-refractivity contribution in [3.05, 3.63) is 23.8 Å². The van der Waals surface area contributed by atoms with Crippen molar-refractivity contribution in [3.8, 4) is 11.5 Å². The summed E-state index contributed by atoms with van der Waals surface area (Å²) in [5.41, 5.74) is 0.766. The smallest absolute Gasteiger partial charge is 0.387 e. The number of piperazine rings is 1. The number of halogens is 3. The van der Waals surface area contributed by atoms with Crippen LogP contribution in [0.2, 0.25) is 0 Å². The minimum absolute atomic E-state index is 0. The number of hydrogen-bond acceptors (Lipinski definition) is 5. The highest BCUT2D eigenvalue weighted by Crippen LogP contribution is 2.29. The Labute approximate surface area is 152 Å². The molecule has 9 heteroatoms. The molecule has 1 heterocycles. The summed E-state index contributed by atoms with van der Waals surface area (Å²) in [6.07, 6.45) is 0. The molecule has 6 nitrogen and oxygen atoms in total. The van der Waals surface area contributed by atoms with Crippen molar-refractivity contribution in [2.24, 2.45) is 0 Å². The lowest BCUT2D eigenvalue weighted by atomic mass is 10.2.